The van der Waals surface area contributed by atoms with Gasteiger partial charge in [0.25, 0.3) is 0 Å². The van der Waals surface area contributed by atoms with Crippen molar-refractivity contribution >= 4 is 17.5 Å². The zero-order valence-electron chi connectivity index (χ0n) is 15.3. The number of anilines is 1. The van der Waals surface area contributed by atoms with Crippen LogP contribution >= 0.6 is 0 Å². The van der Waals surface area contributed by atoms with Gasteiger partial charge in [-0.1, -0.05) is 48.5 Å². The number of carbonyl (C=O) groups is 2. The van der Waals surface area contributed by atoms with Crippen LogP contribution in [0.4, 0.5) is 5.69 Å². The molecule has 1 saturated heterocycles. The Morgan fingerprint density at radius 1 is 0.885 bits per heavy atom. The van der Waals surface area contributed by atoms with Crippen LogP contribution in [0.1, 0.15) is 18.5 Å². The molecule has 0 spiro atoms. The van der Waals surface area contributed by atoms with Crippen LogP contribution in [-0.4, -0.2) is 54.8 Å². The first-order valence-electron chi connectivity index (χ1n) is 8.99. The number of benzene rings is 2. The molecule has 0 aromatic heterocycles. The minimum absolute atomic E-state index is 0.141. The molecular formula is C21H25N3O2. The molecule has 0 radical (unpaired) electrons. The predicted octanol–water partition coefficient (Wildman–Crippen LogP) is 2.55. The molecule has 1 fully saturated rings. The number of carbonyl (C=O) groups excluding carboxylic acids is 2. The van der Waals surface area contributed by atoms with Crippen LogP contribution in [-0.2, 0) is 9.59 Å². The number of likely N-dealkylation sites (N-methyl/N-ethyl adjacent to an activating group) is 1. The lowest BCUT2D eigenvalue weighted by Gasteiger charge is -2.36. The van der Waals surface area contributed by atoms with Crippen molar-refractivity contribution in [2.75, 3.05) is 38.1 Å². The molecule has 5 nitrogen and oxygen atoms in total. The molecule has 136 valence electrons. The molecule has 2 amide bonds. The summed E-state index contributed by atoms with van der Waals surface area (Å²) in [4.78, 5) is 30.7. The van der Waals surface area contributed by atoms with Gasteiger partial charge in [0.1, 0.15) is 0 Å². The molecule has 0 unspecified atom stereocenters. The van der Waals surface area contributed by atoms with E-state index in [0.29, 0.717) is 13.1 Å². The second-order valence-corrected chi connectivity index (χ2v) is 6.62. The number of hydrogen-bond acceptors (Lipinski definition) is 3. The highest BCUT2D eigenvalue weighted by atomic mass is 16.2. The van der Waals surface area contributed by atoms with Gasteiger partial charge in [-0.3, -0.25) is 9.59 Å². The summed E-state index contributed by atoms with van der Waals surface area (Å²) in [5, 5.41) is 0. The maximum absolute atomic E-state index is 12.6. The average molecular weight is 351 g/mol. The summed E-state index contributed by atoms with van der Waals surface area (Å²) in [5.41, 5.74) is 2.17. The SMILES string of the molecule is C[C@@H](c1ccccc1)N(C)C(=O)C(=O)N1CCN(c2ccccc2)CC1. The molecule has 0 N–H and O–H groups in total. The monoisotopic (exact) mass is 351 g/mol. The van der Waals surface area contributed by atoms with Crippen molar-refractivity contribution < 1.29 is 9.59 Å². The van der Waals surface area contributed by atoms with Crippen LogP contribution in [0.5, 0.6) is 0 Å². The highest BCUT2D eigenvalue weighted by molar-refractivity contribution is 6.34. The van der Waals surface area contributed by atoms with E-state index in [1.54, 1.807) is 11.9 Å². The Kier molecular flexibility index (Phi) is 5.56. The van der Waals surface area contributed by atoms with Crippen LogP contribution in [0, 0.1) is 0 Å². The van der Waals surface area contributed by atoms with Crippen LogP contribution < -0.4 is 4.90 Å². The van der Waals surface area contributed by atoms with Gasteiger partial charge in [-0.15, -0.1) is 0 Å². The lowest BCUT2D eigenvalue weighted by atomic mass is 10.1. The van der Waals surface area contributed by atoms with Gasteiger partial charge in [-0.05, 0) is 24.6 Å². The topological polar surface area (TPSA) is 43.9 Å². The highest BCUT2D eigenvalue weighted by Gasteiger charge is 2.30. The summed E-state index contributed by atoms with van der Waals surface area (Å²) in [6.45, 7) is 4.54. The first kappa shape index (κ1) is 18.0. The normalized spacial score (nSPS) is 15.5. The van der Waals surface area contributed by atoms with Crippen LogP contribution in [0.25, 0.3) is 0 Å². The molecule has 5 heteroatoms. The molecule has 2 aromatic rings. The van der Waals surface area contributed by atoms with Gasteiger partial charge in [0.15, 0.2) is 0 Å². The van der Waals surface area contributed by atoms with Crippen molar-refractivity contribution in [3.05, 3.63) is 66.2 Å². The first-order chi connectivity index (χ1) is 12.6. The summed E-state index contributed by atoms with van der Waals surface area (Å²) in [6.07, 6.45) is 0. The van der Waals surface area contributed by atoms with E-state index in [4.69, 9.17) is 0 Å². The third kappa shape index (κ3) is 3.87. The fourth-order valence-corrected chi connectivity index (χ4v) is 3.22. The zero-order valence-corrected chi connectivity index (χ0v) is 15.3. The largest absolute Gasteiger partial charge is 0.368 e. The Balaban J connectivity index is 1.58. The fourth-order valence-electron chi connectivity index (χ4n) is 3.22. The van der Waals surface area contributed by atoms with Crippen LogP contribution in [0.2, 0.25) is 0 Å². The molecule has 0 bridgehead atoms. The van der Waals surface area contributed by atoms with Gasteiger partial charge in [0.2, 0.25) is 0 Å². The lowest BCUT2D eigenvalue weighted by Crippen LogP contribution is -2.53. The average Bonchev–Trinajstić information content (AvgIpc) is 2.73. The standard InChI is InChI=1S/C21H25N3O2/c1-17(18-9-5-3-6-10-18)22(2)20(25)21(26)24-15-13-23(14-16-24)19-11-7-4-8-12-19/h3-12,17H,13-16H2,1-2H3/t17-/m0/s1. The lowest BCUT2D eigenvalue weighted by molar-refractivity contribution is -0.152. The van der Waals surface area contributed by atoms with E-state index in [1.807, 2.05) is 55.5 Å². The summed E-state index contributed by atoms with van der Waals surface area (Å²) < 4.78 is 0. The second-order valence-electron chi connectivity index (χ2n) is 6.62. The zero-order chi connectivity index (χ0) is 18.5. The summed E-state index contributed by atoms with van der Waals surface area (Å²) >= 11 is 0. The Morgan fingerprint density at radius 3 is 2.00 bits per heavy atom. The molecule has 0 saturated carbocycles. The molecule has 1 atom stereocenters. The van der Waals surface area contributed by atoms with Crippen molar-refractivity contribution in [1.29, 1.82) is 0 Å². The third-order valence-electron chi connectivity index (χ3n) is 5.05. The molecule has 26 heavy (non-hydrogen) atoms. The molecular weight excluding hydrogens is 326 g/mol. The van der Waals surface area contributed by atoms with Gasteiger partial charge in [-0.2, -0.15) is 0 Å². The van der Waals surface area contributed by atoms with Crippen molar-refractivity contribution in [3.8, 4) is 0 Å². The number of hydrogen-bond donors (Lipinski definition) is 0. The summed E-state index contributed by atoms with van der Waals surface area (Å²) in [6, 6.07) is 19.8. The molecule has 1 aliphatic rings. The van der Waals surface area contributed by atoms with E-state index < -0.39 is 11.8 Å². The summed E-state index contributed by atoms with van der Waals surface area (Å²) in [7, 11) is 1.69. The number of rotatable bonds is 3. The molecule has 3 rings (SSSR count). The van der Waals surface area contributed by atoms with Gasteiger partial charge < -0.3 is 14.7 Å². The fraction of sp³-hybridized carbons (Fsp3) is 0.333. The molecule has 2 aromatic carbocycles. The molecule has 1 heterocycles. The van der Waals surface area contributed by atoms with Crippen LogP contribution in [0.15, 0.2) is 60.7 Å². The smallest absolute Gasteiger partial charge is 0.312 e. The first-order valence-corrected chi connectivity index (χ1v) is 8.99. The van der Waals surface area contributed by atoms with E-state index in [0.717, 1.165) is 24.3 Å². The van der Waals surface area contributed by atoms with E-state index >= 15 is 0 Å². The van der Waals surface area contributed by atoms with Crippen LogP contribution in [0.3, 0.4) is 0 Å². The quantitative estimate of drug-likeness (QED) is 0.799. The number of amides is 2. The maximum atomic E-state index is 12.6. The number of piperazine rings is 1. The Labute approximate surface area is 154 Å². The minimum atomic E-state index is -0.450. The van der Waals surface area contributed by atoms with E-state index in [9.17, 15) is 9.59 Å². The third-order valence-corrected chi connectivity index (χ3v) is 5.05. The Hall–Kier alpha value is -2.82. The van der Waals surface area contributed by atoms with Gasteiger partial charge >= 0.3 is 11.8 Å². The minimum Gasteiger partial charge on any atom is -0.368 e. The number of para-hydroxylation sites is 1. The van der Waals surface area contributed by atoms with E-state index in [2.05, 4.69) is 17.0 Å². The molecule has 0 aliphatic carbocycles. The van der Waals surface area contributed by atoms with E-state index in [-0.39, 0.29) is 6.04 Å². The Bertz CT molecular complexity index is 740. The van der Waals surface area contributed by atoms with Gasteiger partial charge in [0.05, 0.1) is 6.04 Å². The molecule has 1 aliphatic heterocycles. The van der Waals surface area contributed by atoms with Gasteiger partial charge in [0, 0.05) is 38.9 Å². The van der Waals surface area contributed by atoms with E-state index in [1.165, 1.54) is 4.90 Å². The predicted molar refractivity (Wildman–Crippen MR) is 103 cm³/mol. The van der Waals surface area contributed by atoms with Gasteiger partial charge in [-0.25, -0.2) is 0 Å². The number of nitrogens with zero attached hydrogens (tertiary/aromatic N) is 3. The van der Waals surface area contributed by atoms with Crippen molar-refractivity contribution in [3.63, 3.8) is 0 Å². The maximum Gasteiger partial charge on any atom is 0.312 e. The second kappa shape index (κ2) is 8.04. The van der Waals surface area contributed by atoms with Crippen molar-refractivity contribution in [2.24, 2.45) is 0 Å². The van der Waals surface area contributed by atoms with Crippen molar-refractivity contribution in [1.82, 2.24) is 9.80 Å². The highest BCUT2D eigenvalue weighted by Crippen LogP contribution is 2.20. The summed E-state index contributed by atoms with van der Waals surface area (Å²) in [5.74, 6) is -0.863. The Morgan fingerprint density at radius 2 is 1.42 bits per heavy atom. The van der Waals surface area contributed by atoms with Crippen molar-refractivity contribution in [2.45, 2.75) is 13.0 Å².